The standard InChI is InChI=1S/C16H11BrN2O3/c17-12-5-6-14-11(9-12)10-15(22-14)16(20)19-18-7-1-3-13-4-2-8-21-13/h1-10H,(H,19,20)/b3-1+,18-7+. The van der Waals surface area contributed by atoms with Crippen molar-refractivity contribution in [2.75, 3.05) is 0 Å². The first-order chi connectivity index (χ1) is 10.7. The van der Waals surface area contributed by atoms with Crippen molar-refractivity contribution >= 4 is 45.1 Å². The van der Waals surface area contributed by atoms with E-state index in [0.29, 0.717) is 11.3 Å². The Morgan fingerprint density at radius 3 is 3.00 bits per heavy atom. The minimum absolute atomic E-state index is 0.209. The first-order valence-electron chi connectivity index (χ1n) is 6.45. The third-order valence-electron chi connectivity index (χ3n) is 2.83. The topological polar surface area (TPSA) is 67.7 Å². The molecular weight excluding hydrogens is 348 g/mol. The van der Waals surface area contributed by atoms with Gasteiger partial charge >= 0.3 is 5.91 Å². The summed E-state index contributed by atoms with van der Waals surface area (Å²) in [5.41, 5.74) is 3.05. The summed E-state index contributed by atoms with van der Waals surface area (Å²) in [5, 5.41) is 4.66. The minimum Gasteiger partial charge on any atom is -0.465 e. The third kappa shape index (κ3) is 3.35. The van der Waals surface area contributed by atoms with Crippen molar-refractivity contribution in [3.8, 4) is 0 Å². The molecule has 0 aliphatic carbocycles. The Bertz CT molecular complexity index is 848. The number of nitrogens with one attached hydrogen (secondary N) is 1. The van der Waals surface area contributed by atoms with Gasteiger partial charge in [-0.05, 0) is 48.6 Å². The largest absolute Gasteiger partial charge is 0.465 e. The second-order valence-electron chi connectivity index (χ2n) is 4.39. The van der Waals surface area contributed by atoms with Crippen molar-refractivity contribution in [1.82, 2.24) is 5.43 Å². The number of hydrogen-bond acceptors (Lipinski definition) is 4. The zero-order chi connectivity index (χ0) is 15.4. The van der Waals surface area contributed by atoms with Crippen LogP contribution in [0.15, 0.2) is 67.1 Å². The molecule has 1 aromatic carbocycles. The second-order valence-corrected chi connectivity index (χ2v) is 5.30. The zero-order valence-electron chi connectivity index (χ0n) is 11.3. The Balaban J connectivity index is 1.63. The number of furan rings is 2. The normalized spacial score (nSPS) is 11.7. The van der Waals surface area contributed by atoms with E-state index in [2.05, 4.69) is 26.5 Å². The number of amides is 1. The smallest absolute Gasteiger partial charge is 0.307 e. The Morgan fingerprint density at radius 1 is 1.27 bits per heavy atom. The van der Waals surface area contributed by atoms with Gasteiger partial charge in [0.25, 0.3) is 0 Å². The lowest BCUT2D eigenvalue weighted by atomic mass is 10.2. The van der Waals surface area contributed by atoms with Crippen LogP contribution in [0.2, 0.25) is 0 Å². The average molecular weight is 359 g/mol. The van der Waals surface area contributed by atoms with Gasteiger partial charge in [0.15, 0.2) is 5.76 Å². The van der Waals surface area contributed by atoms with E-state index in [9.17, 15) is 4.79 Å². The lowest BCUT2D eigenvalue weighted by Crippen LogP contribution is -2.16. The molecule has 110 valence electrons. The van der Waals surface area contributed by atoms with Gasteiger partial charge < -0.3 is 8.83 Å². The van der Waals surface area contributed by atoms with E-state index >= 15 is 0 Å². The molecule has 0 spiro atoms. The minimum atomic E-state index is -0.407. The third-order valence-corrected chi connectivity index (χ3v) is 3.33. The number of carbonyl (C=O) groups excluding carboxylic acids is 1. The molecule has 1 amide bonds. The van der Waals surface area contributed by atoms with E-state index < -0.39 is 5.91 Å². The van der Waals surface area contributed by atoms with Gasteiger partial charge in [0.2, 0.25) is 0 Å². The molecule has 0 saturated carbocycles. The monoisotopic (exact) mass is 358 g/mol. The van der Waals surface area contributed by atoms with Crippen LogP contribution >= 0.6 is 15.9 Å². The summed E-state index contributed by atoms with van der Waals surface area (Å²) in [5.74, 6) is 0.510. The predicted octanol–water partition coefficient (Wildman–Crippen LogP) is 4.22. The van der Waals surface area contributed by atoms with Crippen LogP contribution in [0.4, 0.5) is 0 Å². The summed E-state index contributed by atoms with van der Waals surface area (Å²) in [6.45, 7) is 0. The van der Waals surface area contributed by atoms with Gasteiger partial charge in [-0.3, -0.25) is 4.79 Å². The summed E-state index contributed by atoms with van der Waals surface area (Å²) >= 11 is 3.37. The van der Waals surface area contributed by atoms with Crippen molar-refractivity contribution in [3.63, 3.8) is 0 Å². The van der Waals surface area contributed by atoms with Crippen LogP contribution in [0.5, 0.6) is 0 Å². The fourth-order valence-corrected chi connectivity index (χ4v) is 2.22. The highest BCUT2D eigenvalue weighted by atomic mass is 79.9. The highest BCUT2D eigenvalue weighted by molar-refractivity contribution is 9.10. The van der Waals surface area contributed by atoms with E-state index in [-0.39, 0.29) is 5.76 Å². The lowest BCUT2D eigenvalue weighted by molar-refractivity contribution is 0.0929. The van der Waals surface area contributed by atoms with Gasteiger partial charge in [0.05, 0.1) is 6.26 Å². The quantitative estimate of drug-likeness (QED) is 0.560. The SMILES string of the molecule is O=C(N/N=C/C=C/c1ccco1)c1cc2cc(Br)ccc2o1. The van der Waals surface area contributed by atoms with E-state index in [4.69, 9.17) is 8.83 Å². The van der Waals surface area contributed by atoms with Gasteiger partial charge in [0, 0.05) is 16.1 Å². The van der Waals surface area contributed by atoms with Crippen LogP contribution in [-0.4, -0.2) is 12.1 Å². The van der Waals surface area contributed by atoms with Crippen molar-refractivity contribution in [2.45, 2.75) is 0 Å². The fourth-order valence-electron chi connectivity index (χ4n) is 1.84. The summed E-state index contributed by atoms with van der Waals surface area (Å²) in [4.78, 5) is 11.9. The Hall–Kier alpha value is -2.60. The maximum Gasteiger partial charge on any atom is 0.307 e. The summed E-state index contributed by atoms with van der Waals surface area (Å²) in [6, 6.07) is 10.8. The van der Waals surface area contributed by atoms with Gasteiger partial charge in [-0.2, -0.15) is 5.10 Å². The maximum absolute atomic E-state index is 11.9. The molecule has 6 heteroatoms. The van der Waals surface area contributed by atoms with Crippen LogP contribution < -0.4 is 5.43 Å². The van der Waals surface area contributed by atoms with E-state index in [1.807, 2.05) is 18.2 Å². The Kier molecular flexibility index (Phi) is 4.20. The van der Waals surface area contributed by atoms with Crippen LogP contribution in [0.3, 0.4) is 0 Å². The molecule has 2 aromatic heterocycles. The average Bonchev–Trinajstić information content (AvgIpc) is 3.15. The molecule has 0 unspecified atom stereocenters. The molecule has 0 atom stereocenters. The van der Waals surface area contributed by atoms with Crippen LogP contribution in [0, 0.1) is 0 Å². The van der Waals surface area contributed by atoms with Gasteiger partial charge in [0.1, 0.15) is 11.3 Å². The van der Waals surface area contributed by atoms with Gasteiger partial charge in [-0.1, -0.05) is 15.9 Å². The molecule has 0 saturated heterocycles. The van der Waals surface area contributed by atoms with Crippen molar-refractivity contribution < 1.29 is 13.6 Å². The number of carbonyl (C=O) groups is 1. The second kappa shape index (κ2) is 6.44. The summed E-state index contributed by atoms with van der Waals surface area (Å²) in [7, 11) is 0. The van der Waals surface area contributed by atoms with Crippen LogP contribution in [0.25, 0.3) is 17.0 Å². The molecule has 0 radical (unpaired) electrons. The van der Waals surface area contributed by atoms with Crippen molar-refractivity contribution in [2.24, 2.45) is 5.10 Å². The number of hydrazone groups is 1. The summed E-state index contributed by atoms with van der Waals surface area (Å²) < 4.78 is 11.5. The molecule has 5 nitrogen and oxygen atoms in total. The highest BCUT2D eigenvalue weighted by Gasteiger charge is 2.11. The van der Waals surface area contributed by atoms with Gasteiger partial charge in [-0.25, -0.2) is 5.43 Å². The Labute approximate surface area is 134 Å². The fraction of sp³-hybridized carbons (Fsp3) is 0. The number of fused-ring (bicyclic) bond motifs is 1. The molecular formula is C16H11BrN2O3. The molecule has 0 aliphatic rings. The Morgan fingerprint density at radius 2 is 2.18 bits per heavy atom. The zero-order valence-corrected chi connectivity index (χ0v) is 12.9. The molecule has 22 heavy (non-hydrogen) atoms. The van der Waals surface area contributed by atoms with E-state index in [1.165, 1.54) is 6.21 Å². The number of rotatable bonds is 4. The molecule has 0 aliphatic heterocycles. The van der Waals surface area contributed by atoms with Crippen LogP contribution in [-0.2, 0) is 0 Å². The first kappa shape index (κ1) is 14.3. The number of benzene rings is 1. The number of halogens is 1. The van der Waals surface area contributed by atoms with E-state index in [0.717, 1.165) is 9.86 Å². The number of allylic oxidation sites excluding steroid dienone is 1. The summed E-state index contributed by atoms with van der Waals surface area (Å²) in [6.07, 6.45) is 6.43. The van der Waals surface area contributed by atoms with Crippen molar-refractivity contribution in [3.05, 3.63) is 64.7 Å². The van der Waals surface area contributed by atoms with Crippen LogP contribution in [0.1, 0.15) is 16.3 Å². The predicted molar refractivity (Wildman–Crippen MR) is 87.6 cm³/mol. The molecule has 0 fully saturated rings. The lowest BCUT2D eigenvalue weighted by Gasteiger charge is -1.93. The maximum atomic E-state index is 11.9. The molecule has 3 aromatic rings. The first-order valence-corrected chi connectivity index (χ1v) is 7.24. The molecule has 2 heterocycles. The molecule has 0 bridgehead atoms. The van der Waals surface area contributed by atoms with E-state index in [1.54, 1.807) is 36.6 Å². The highest BCUT2D eigenvalue weighted by Crippen LogP contribution is 2.23. The number of nitrogens with zero attached hydrogens (tertiary/aromatic N) is 1. The van der Waals surface area contributed by atoms with Gasteiger partial charge in [-0.15, -0.1) is 0 Å². The molecule has 1 N–H and O–H groups in total. The molecule has 3 rings (SSSR count). The van der Waals surface area contributed by atoms with Crippen molar-refractivity contribution in [1.29, 1.82) is 0 Å². The number of hydrogen-bond donors (Lipinski definition) is 1.